The van der Waals surface area contributed by atoms with Gasteiger partial charge >= 0.3 is 5.97 Å². The van der Waals surface area contributed by atoms with Crippen molar-refractivity contribution in [3.8, 4) is 0 Å². The predicted octanol–water partition coefficient (Wildman–Crippen LogP) is 3.16. The van der Waals surface area contributed by atoms with Gasteiger partial charge in [0.05, 0.1) is 12.5 Å². The molecule has 0 amide bonds. The van der Waals surface area contributed by atoms with Crippen molar-refractivity contribution in [3.05, 3.63) is 0 Å². The Morgan fingerprint density at radius 1 is 1.23 bits per heavy atom. The van der Waals surface area contributed by atoms with E-state index in [0.717, 1.165) is 32.1 Å². The van der Waals surface area contributed by atoms with Gasteiger partial charge in [-0.25, -0.2) is 0 Å². The fourth-order valence-electron chi connectivity index (χ4n) is 1.69. The number of carbonyl (C=O) groups is 1. The van der Waals surface area contributed by atoms with Crippen molar-refractivity contribution in [1.29, 1.82) is 0 Å². The Bertz CT molecular complexity index is 154. The number of esters is 1. The fourth-order valence-corrected chi connectivity index (χ4v) is 1.69. The van der Waals surface area contributed by atoms with Gasteiger partial charge in [-0.05, 0) is 19.8 Å². The maximum Gasteiger partial charge on any atom is 0.311 e. The van der Waals surface area contributed by atoms with Crippen LogP contribution in [0.5, 0.6) is 0 Å². The first kappa shape index (κ1) is 12.5. The molecule has 0 fully saturated rings. The highest BCUT2D eigenvalue weighted by Crippen LogP contribution is 2.31. The minimum atomic E-state index is -0.250. The van der Waals surface area contributed by atoms with Gasteiger partial charge in [-0.15, -0.1) is 0 Å². The smallest absolute Gasteiger partial charge is 0.311 e. The largest absolute Gasteiger partial charge is 0.469 e. The van der Waals surface area contributed by atoms with Gasteiger partial charge in [0.25, 0.3) is 0 Å². The van der Waals surface area contributed by atoms with E-state index in [1.54, 1.807) is 0 Å². The van der Waals surface area contributed by atoms with Crippen LogP contribution in [-0.4, -0.2) is 13.1 Å². The summed E-state index contributed by atoms with van der Waals surface area (Å²) in [6, 6.07) is 0. The molecule has 1 unspecified atom stereocenters. The van der Waals surface area contributed by atoms with Crippen molar-refractivity contribution in [3.63, 3.8) is 0 Å². The average molecular weight is 186 g/mol. The van der Waals surface area contributed by atoms with Crippen LogP contribution in [0.1, 0.15) is 52.9 Å². The molecule has 2 nitrogen and oxygen atoms in total. The van der Waals surface area contributed by atoms with Crippen LogP contribution < -0.4 is 0 Å². The van der Waals surface area contributed by atoms with Crippen LogP contribution in [0, 0.1) is 5.41 Å². The highest BCUT2D eigenvalue weighted by Gasteiger charge is 2.32. The molecule has 0 aliphatic carbocycles. The molecule has 0 bridgehead atoms. The molecule has 0 saturated heterocycles. The molecule has 2 heteroatoms. The van der Waals surface area contributed by atoms with E-state index in [1.165, 1.54) is 7.11 Å². The van der Waals surface area contributed by atoms with Crippen molar-refractivity contribution in [2.24, 2.45) is 5.41 Å². The summed E-state index contributed by atoms with van der Waals surface area (Å²) in [5, 5.41) is 0. The SMILES string of the molecule is CCCCC(C)(CCC)C(=O)OC. The summed E-state index contributed by atoms with van der Waals surface area (Å²) in [5.74, 6) is -0.0530. The number of methoxy groups -OCH3 is 1. The third-order valence-corrected chi connectivity index (χ3v) is 2.56. The molecule has 0 aromatic carbocycles. The number of rotatable bonds is 6. The number of ether oxygens (including phenoxy) is 1. The Labute approximate surface area is 81.7 Å². The molecule has 1 atom stereocenters. The van der Waals surface area contributed by atoms with E-state index >= 15 is 0 Å². The molecule has 0 rings (SSSR count). The number of unbranched alkanes of at least 4 members (excludes halogenated alkanes) is 1. The number of hydrogen-bond donors (Lipinski definition) is 0. The molecule has 0 aromatic heterocycles. The van der Waals surface area contributed by atoms with Gasteiger partial charge in [-0.2, -0.15) is 0 Å². The van der Waals surface area contributed by atoms with Gasteiger partial charge in [-0.3, -0.25) is 4.79 Å². The summed E-state index contributed by atoms with van der Waals surface area (Å²) in [7, 11) is 1.47. The second-order valence-corrected chi connectivity index (χ2v) is 3.91. The van der Waals surface area contributed by atoms with Gasteiger partial charge in [0.15, 0.2) is 0 Å². The zero-order chi connectivity index (χ0) is 10.3. The molecule has 78 valence electrons. The van der Waals surface area contributed by atoms with E-state index < -0.39 is 0 Å². The molecular weight excluding hydrogens is 164 g/mol. The third kappa shape index (κ3) is 3.79. The highest BCUT2D eigenvalue weighted by molar-refractivity contribution is 5.76. The zero-order valence-corrected chi connectivity index (χ0v) is 9.35. The van der Waals surface area contributed by atoms with Crippen LogP contribution in [0.2, 0.25) is 0 Å². The lowest BCUT2D eigenvalue weighted by Gasteiger charge is -2.25. The Hall–Kier alpha value is -0.530. The van der Waals surface area contributed by atoms with Crippen LogP contribution in [0.15, 0.2) is 0 Å². The molecule has 0 N–H and O–H groups in total. The maximum absolute atomic E-state index is 11.5. The minimum absolute atomic E-state index is 0.0530. The van der Waals surface area contributed by atoms with Crippen LogP contribution in [0.4, 0.5) is 0 Å². The summed E-state index contributed by atoms with van der Waals surface area (Å²) in [5.41, 5.74) is -0.250. The van der Waals surface area contributed by atoms with E-state index in [0.29, 0.717) is 0 Å². The summed E-state index contributed by atoms with van der Waals surface area (Å²) >= 11 is 0. The first-order valence-electron chi connectivity index (χ1n) is 5.19. The highest BCUT2D eigenvalue weighted by atomic mass is 16.5. The van der Waals surface area contributed by atoms with Crippen molar-refractivity contribution < 1.29 is 9.53 Å². The Kier molecular flexibility index (Phi) is 5.76. The lowest BCUT2D eigenvalue weighted by molar-refractivity contribution is -0.152. The molecule has 0 heterocycles. The van der Waals surface area contributed by atoms with Crippen molar-refractivity contribution in [2.75, 3.05) is 7.11 Å². The maximum atomic E-state index is 11.5. The minimum Gasteiger partial charge on any atom is -0.469 e. The standard InChI is InChI=1S/C11H22O2/c1-5-7-9-11(3,8-6-2)10(12)13-4/h5-9H2,1-4H3. The van der Waals surface area contributed by atoms with Gasteiger partial charge in [-0.1, -0.05) is 33.1 Å². The molecule has 0 aromatic rings. The lowest BCUT2D eigenvalue weighted by atomic mass is 9.81. The topological polar surface area (TPSA) is 26.3 Å². The first-order chi connectivity index (χ1) is 6.10. The van der Waals surface area contributed by atoms with Crippen molar-refractivity contribution in [1.82, 2.24) is 0 Å². The van der Waals surface area contributed by atoms with Crippen LogP contribution >= 0.6 is 0 Å². The van der Waals surface area contributed by atoms with Crippen molar-refractivity contribution in [2.45, 2.75) is 52.9 Å². The monoisotopic (exact) mass is 186 g/mol. The molecule has 0 aliphatic heterocycles. The summed E-state index contributed by atoms with van der Waals surface area (Å²) in [6.07, 6.45) is 5.15. The molecular formula is C11H22O2. The van der Waals surface area contributed by atoms with E-state index in [1.807, 2.05) is 6.92 Å². The van der Waals surface area contributed by atoms with Crippen LogP contribution in [-0.2, 0) is 9.53 Å². The van der Waals surface area contributed by atoms with E-state index in [4.69, 9.17) is 4.74 Å². The summed E-state index contributed by atoms with van der Waals surface area (Å²) < 4.78 is 4.83. The second kappa shape index (κ2) is 6.01. The number of carbonyl (C=O) groups excluding carboxylic acids is 1. The molecule has 0 aliphatic rings. The van der Waals surface area contributed by atoms with Gasteiger partial charge in [0, 0.05) is 0 Å². The second-order valence-electron chi connectivity index (χ2n) is 3.91. The number of hydrogen-bond acceptors (Lipinski definition) is 2. The lowest BCUT2D eigenvalue weighted by Crippen LogP contribution is -2.28. The van der Waals surface area contributed by atoms with E-state index in [-0.39, 0.29) is 11.4 Å². The molecule has 13 heavy (non-hydrogen) atoms. The summed E-state index contributed by atoms with van der Waals surface area (Å²) in [6.45, 7) is 6.26. The third-order valence-electron chi connectivity index (χ3n) is 2.56. The fraction of sp³-hybridized carbons (Fsp3) is 0.909. The van der Waals surface area contributed by atoms with Gasteiger partial charge in [0.1, 0.15) is 0 Å². The van der Waals surface area contributed by atoms with Crippen LogP contribution in [0.3, 0.4) is 0 Å². The van der Waals surface area contributed by atoms with E-state index in [9.17, 15) is 4.79 Å². The summed E-state index contributed by atoms with van der Waals surface area (Å²) in [4.78, 5) is 11.5. The molecule has 0 saturated carbocycles. The van der Waals surface area contributed by atoms with Crippen LogP contribution in [0.25, 0.3) is 0 Å². The van der Waals surface area contributed by atoms with Crippen molar-refractivity contribution >= 4 is 5.97 Å². The van der Waals surface area contributed by atoms with Gasteiger partial charge in [0.2, 0.25) is 0 Å². The predicted molar refractivity (Wildman–Crippen MR) is 54.6 cm³/mol. The average Bonchev–Trinajstić information content (AvgIpc) is 2.14. The normalized spacial score (nSPS) is 15.1. The molecule has 0 spiro atoms. The zero-order valence-electron chi connectivity index (χ0n) is 9.35. The van der Waals surface area contributed by atoms with E-state index in [2.05, 4.69) is 13.8 Å². The molecule has 0 radical (unpaired) electrons. The Morgan fingerprint density at radius 2 is 1.85 bits per heavy atom. The first-order valence-corrected chi connectivity index (χ1v) is 5.19. The van der Waals surface area contributed by atoms with Gasteiger partial charge < -0.3 is 4.74 Å². The Morgan fingerprint density at radius 3 is 2.23 bits per heavy atom. The quantitative estimate of drug-likeness (QED) is 0.596. The Balaban J connectivity index is 4.23.